The second kappa shape index (κ2) is 6.55. The van der Waals surface area contributed by atoms with Gasteiger partial charge in [0.25, 0.3) is 5.91 Å². The number of unbranched alkanes of at least 4 members (excludes halogenated alkanes) is 1. The highest BCUT2D eigenvalue weighted by Gasteiger charge is 2.13. The minimum atomic E-state index is -0.844. The highest BCUT2D eigenvalue weighted by molar-refractivity contribution is 6.17. The molecule has 0 fully saturated rings. The molecule has 94 valence electrons. The molecule has 1 aromatic rings. The molecule has 1 aromatic carbocycles. The van der Waals surface area contributed by atoms with Crippen molar-refractivity contribution in [1.82, 2.24) is 5.32 Å². The molecule has 0 spiro atoms. The molecule has 1 N–H and O–H groups in total. The number of hydrogen-bond acceptors (Lipinski definition) is 1. The summed E-state index contributed by atoms with van der Waals surface area (Å²) in [5.74, 6) is -1.50. The van der Waals surface area contributed by atoms with Gasteiger partial charge in [0.05, 0.1) is 5.56 Å². The zero-order chi connectivity index (χ0) is 12.8. The van der Waals surface area contributed by atoms with Crippen LogP contribution in [0.2, 0.25) is 0 Å². The van der Waals surface area contributed by atoms with Gasteiger partial charge in [-0.05, 0) is 31.4 Å². The van der Waals surface area contributed by atoms with E-state index in [1.54, 1.807) is 0 Å². The number of aryl methyl sites for hydroxylation is 1. The van der Waals surface area contributed by atoms with Crippen molar-refractivity contribution < 1.29 is 13.6 Å². The molecule has 0 aromatic heterocycles. The third kappa shape index (κ3) is 3.97. The maximum Gasteiger partial charge on any atom is 0.254 e. The summed E-state index contributed by atoms with van der Waals surface area (Å²) < 4.78 is 26.3. The molecule has 0 aliphatic rings. The van der Waals surface area contributed by atoms with Crippen molar-refractivity contribution in [2.24, 2.45) is 0 Å². The number of carbonyl (C=O) groups is 1. The average molecular weight is 262 g/mol. The Hall–Kier alpha value is -1.16. The highest BCUT2D eigenvalue weighted by atomic mass is 35.5. The Morgan fingerprint density at radius 2 is 2.00 bits per heavy atom. The third-order valence-corrected chi connectivity index (χ3v) is 2.61. The first kappa shape index (κ1) is 13.9. The highest BCUT2D eigenvalue weighted by Crippen LogP contribution is 2.14. The van der Waals surface area contributed by atoms with E-state index in [9.17, 15) is 13.6 Å². The quantitative estimate of drug-likeness (QED) is 0.641. The van der Waals surface area contributed by atoms with E-state index in [2.05, 4.69) is 5.32 Å². The van der Waals surface area contributed by atoms with Gasteiger partial charge in [0, 0.05) is 18.5 Å². The molecular weight excluding hydrogens is 248 g/mol. The minimum absolute atomic E-state index is 0.130. The van der Waals surface area contributed by atoms with Crippen molar-refractivity contribution >= 4 is 17.5 Å². The van der Waals surface area contributed by atoms with Gasteiger partial charge in [-0.1, -0.05) is 0 Å². The van der Waals surface area contributed by atoms with Gasteiger partial charge >= 0.3 is 0 Å². The summed E-state index contributed by atoms with van der Waals surface area (Å²) in [6, 6.07) is 1.94. The summed E-state index contributed by atoms with van der Waals surface area (Å²) in [6.07, 6.45) is 1.52. The fourth-order valence-electron chi connectivity index (χ4n) is 1.35. The molecule has 0 radical (unpaired) electrons. The summed E-state index contributed by atoms with van der Waals surface area (Å²) in [5, 5.41) is 2.56. The van der Waals surface area contributed by atoms with E-state index in [0.29, 0.717) is 12.4 Å². The molecule has 0 saturated heterocycles. The topological polar surface area (TPSA) is 29.1 Å². The summed E-state index contributed by atoms with van der Waals surface area (Å²) >= 11 is 5.48. The van der Waals surface area contributed by atoms with Gasteiger partial charge in [-0.25, -0.2) is 8.78 Å². The molecule has 1 rings (SSSR count). The summed E-state index contributed by atoms with van der Waals surface area (Å²) in [4.78, 5) is 11.6. The maximum atomic E-state index is 13.3. The zero-order valence-corrected chi connectivity index (χ0v) is 10.3. The molecule has 2 nitrogen and oxygen atoms in total. The Morgan fingerprint density at radius 1 is 1.29 bits per heavy atom. The van der Waals surface area contributed by atoms with Crippen LogP contribution in [0.15, 0.2) is 12.1 Å². The van der Waals surface area contributed by atoms with Gasteiger partial charge in [-0.2, -0.15) is 0 Å². The number of alkyl halides is 1. The number of hydrogen-bond donors (Lipinski definition) is 1. The lowest BCUT2D eigenvalue weighted by Gasteiger charge is -2.07. The lowest BCUT2D eigenvalue weighted by atomic mass is 10.1. The number of rotatable bonds is 5. The maximum absolute atomic E-state index is 13.3. The van der Waals surface area contributed by atoms with Gasteiger partial charge < -0.3 is 5.32 Å². The van der Waals surface area contributed by atoms with Crippen LogP contribution in [0.3, 0.4) is 0 Å². The van der Waals surface area contributed by atoms with E-state index >= 15 is 0 Å². The summed E-state index contributed by atoms with van der Waals surface area (Å²) in [6.45, 7) is 1.92. The number of amides is 1. The van der Waals surface area contributed by atoms with Crippen molar-refractivity contribution in [2.75, 3.05) is 12.4 Å². The molecule has 1 amide bonds. The van der Waals surface area contributed by atoms with Crippen LogP contribution in [-0.2, 0) is 0 Å². The molecule has 0 bridgehead atoms. The van der Waals surface area contributed by atoms with Crippen LogP contribution in [0.4, 0.5) is 8.78 Å². The van der Waals surface area contributed by atoms with Gasteiger partial charge in [0.15, 0.2) is 0 Å². The van der Waals surface area contributed by atoms with Crippen LogP contribution in [0.25, 0.3) is 0 Å². The van der Waals surface area contributed by atoms with Crippen molar-refractivity contribution in [3.8, 4) is 0 Å². The average Bonchev–Trinajstić information content (AvgIpc) is 2.29. The monoisotopic (exact) mass is 261 g/mol. The van der Waals surface area contributed by atoms with Crippen molar-refractivity contribution in [1.29, 1.82) is 0 Å². The molecular formula is C12H14ClF2NO. The van der Waals surface area contributed by atoms with E-state index in [4.69, 9.17) is 11.6 Å². The number of carbonyl (C=O) groups excluding carboxylic acids is 1. The standard InChI is InChI=1S/C12H14ClF2NO/c1-8-6-9(11(15)7-10(8)14)12(17)16-5-3-2-4-13/h6-7H,2-5H2,1H3,(H,16,17). The molecule has 17 heavy (non-hydrogen) atoms. The predicted octanol–water partition coefficient (Wildman–Crippen LogP) is 3.02. The van der Waals surface area contributed by atoms with Crippen LogP contribution in [-0.4, -0.2) is 18.3 Å². The van der Waals surface area contributed by atoms with Crippen LogP contribution < -0.4 is 5.32 Å². The first-order valence-electron chi connectivity index (χ1n) is 5.36. The first-order chi connectivity index (χ1) is 8.06. The molecule has 5 heteroatoms. The van der Waals surface area contributed by atoms with Gasteiger partial charge in [-0.15, -0.1) is 11.6 Å². The summed E-state index contributed by atoms with van der Waals surface area (Å²) in [5.41, 5.74) is 0.118. The van der Waals surface area contributed by atoms with E-state index < -0.39 is 17.5 Å². The normalized spacial score (nSPS) is 10.4. The number of halogens is 3. The molecule has 0 unspecified atom stereocenters. The van der Waals surface area contributed by atoms with Gasteiger partial charge in [-0.3, -0.25) is 4.79 Å². The molecule has 0 saturated carbocycles. The summed E-state index contributed by atoms with van der Waals surface area (Å²) in [7, 11) is 0. The lowest BCUT2D eigenvalue weighted by molar-refractivity contribution is 0.0949. The van der Waals surface area contributed by atoms with Crippen LogP contribution in [0.1, 0.15) is 28.8 Å². The Morgan fingerprint density at radius 3 is 2.65 bits per heavy atom. The van der Waals surface area contributed by atoms with Crippen LogP contribution in [0.5, 0.6) is 0 Å². The van der Waals surface area contributed by atoms with Crippen molar-refractivity contribution in [2.45, 2.75) is 19.8 Å². The third-order valence-electron chi connectivity index (χ3n) is 2.34. The molecule has 0 aliphatic carbocycles. The molecule has 0 heterocycles. The number of nitrogens with one attached hydrogen (secondary N) is 1. The fourth-order valence-corrected chi connectivity index (χ4v) is 1.54. The van der Waals surface area contributed by atoms with Crippen molar-refractivity contribution in [3.63, 3.8) is 0 Å². The Labute approximate surface area is 104 Å². The Balaban J connectivity index is 2.66. The smallest absolute Gasteiger partial charge is 0.254 e. The van der Waals surface area contributed by atoms with E-state index in [1.807, 2.05) is 0 Å². The Bertz CT molecular complexity index is 410. The largest absolute Gasteiger partial charge is 0.352 e. The SMILES string of the molecule is Cc1cc(C(=O)NCCCCCl)c(F)cc1F. The number of benzene rings is 1. The predicted molar refractivity (Wildman–Crippen MR) is 63.4 cm³/mol. The van der Waals surface area contributed by atoms with Gasteiger partial charge in [0.1, 0.15) is 11.6 Å². The van der Waals surface area contributed by atoms with Crippen molar-refractivity contribution in [3.05, 3.63) is 34.9 Å². The van der Waals surface area contributed by atoms with E-state index in [0.717, 1.165) is 18.9 Å². The minimum Gasteiger partial charge on any atom is -0.352 e. The van der Waals surface area contributed by atoms with Gasteiger partial charge in [0.2, 0.25) is 0 Å². The second-order valence-electron chi connectivity index (χ2n) is 3.73. The first-order valence-corrected chi connectivity index (χ1v) is 5.89. The van der Waals surface area contributed by atoms with Crippen LogP contribution in [0, 0.1) is 18.6 Å². The fraction of sp³-hybridized carbons (Fsp3) is 0.417. The molecule has 0 aliphatic heterocycles. The Kier molecular flexibility index (Phi) is 5.35. The second-order valence-corrected chi connectivity index (χ2v) is 4.11. The van der Waals surface area contributed by atoms with Crippen LogP contribution >= 0.6 is 11.6 Å². The molecule has 0 atom stereocenters. The van der Waals surface area contributed by atoms with E-state index in [-0.39, 0.29) is 11.1 Å². The zero-order valence-electron chi connectivity index (χ0n) is 9.53. The lowest BCUT2D eigenvalue weighted by Crippen LogP contribution is -2.25. The van der Waals surface area contributed by atoms with E-state index in [1.165, 1.54) is 13.0 Å².